The lowest BCUT2D eigenvalue weighted by molar-refractivity contribution is 0.102. The lowest BCUT2D eigenvalue weighted by Crippen LogP contribution is -2.29. The Balaban J connectivity index is 1.81. The molecule has 0 saturated carbocycles. The highest BCUT2D eigenvalue weighted by atomic mass is 32.2. The summed E-state index contributed by atoms with van der Waals surface area (Å²) < 4.78 is 41.1. The molecule has 0 fully saturated rings. The minimum absolute atomic E-state index is 0.00499. The van der Waals surface area contributed by atoms with Crippen LogP contribution in [0.2, 0.25) is 0 Å². The summed E-state index contributed by atoms with van der Waals surface area (Å²) in [6, 6.07) is 10.0. The van der Waals surface area contributed by atoms with E-state index >= 15 is 0 Å². The molecular formula is C18H18FN3O3S. The second-order valence-corrected chi connectivity index (χ2v) is 7.69. The topological polar surface area (TPSA) is 87.6 Å². The number of amidine groups is 1. The molecule has 2 N–H and O–H groups in total. The summed E-state index contributed by atoms with van der Waals surface area (Å²) in [5.41, 5.74) is 0.901. The number of hydrogen-bond donors (Lipinski definition) is 2. The second kappa shape index (κ2) is 7.25. The number of hydrogen-bond acceptors (Lipinski definition) is 4. The Kier molecular flexibility index (Phi) is 5.03. The number of aryl methyl sites for hydroxylation is 1. The van der Waals surface area contributed by atoms with Crippen LogP contribution in [-0.4, -0.2) is 26.7 Å². The van der Waals surface area contributed by atoms with Gasteiger partial charge in [0.15, 0.2) is 0 Å². The number of anilines is 1. The van der Waals surface area contributed by atoms with Crippen LogP contribution in [0.4, 0.5) is 10.1 Å². The Morgan fingerprint density at radius 2 is 2.00 bits per heavy atom. The zero-order valence-electron chi connectivity index (χ0n) is 14.1. The van der Waals surface area contributed by atoms with Gasteiger partial charge in [-0.1, -0.05) is 17.7 Å². The summed E-state index contributed by atoms with van der Waals surface area (Å²) in [4.78, 5) is 16.4. The van der Waals surface area contributed by atoms with Crippen molar-refractivity contribution in [2.24, 2.45) is 4.99 Å². The Morgan fingerprint density at radius 3 is 2.73 bits per heavy atom. The zero-order chi connectivity index (χ0) is 18.7. The molecule has 0 aromatic heterocycles. The molecule has 1 aliphatic heterocycles. The van der Waals surface area contributed by atoms with Crippen LogP contribution in [0.5, 0.6) is 0 Å². The fraction of sp³-hybridized carbons (Fsp3) is 0.222. The van der Waals surface area contributed by atoms with Crippen LogP contribution in [0.3, 0.4) is 0 Å². The van der Waals surface area contributed by atoms with Gasteiger partial charge >= 0.3 is 0 Å². The maximum absolute atomic E-state index is 13.8. The summed E-state index contributed by atoms with van der Waals surface area (Å²) in [6.45, 7) is 2.36. The van der Waals surface area contributed by atoms with Crippen LogP contribution in [0, 0.1) is 12.7 Å². The molecule has 26 heavy (non-hydrogen) atoms. The lowest BCUT2D eigenvalue weighted by Gasteiger charge is -2.10. The van der Waals surface area contributed by atoms with E-state index in [-0.39, 0.29) is 16.1 Å². The van der Waals surface area contributed by atoms with Crippen molar-refractivity contribution in [1.82, 2.24) is 4.72 Å². The molecule has 8 heteroatoms. The molecule has 2 aromatic rings. The van der Waals surface area contributed by atoms with Gasteiger partial charge in [0.25, 0.3) is 15.9 Å². The lowest BCUT2D eigenvalue weighted by atomic mass is 10.1. The highest BCUT2D eigenvalue weighted by molar-refractivity contribution is 7.90. The average Bonchev–Trinajstić information content (AvgIpc) is 3.09. The molecule has 1 aliphatic rings. The van der Waals surface area contributed by atoms with Crippen molar-refractivity contribution in [3.05, 3.63) is 59.4 Å². The maximum Gasteiger partial charge on any atom is 0.262 e. The van der Waals surface area contributed by atoms with Crippen LogP contribution in [0.15, 0.2) is 52.4 Å². The van der Waals surface area contributed by atoms with E-state index in [0.717, 1.165) is 12.0 Å². The first-order chi connectivity index (χ1) is 12.3. The Morgan fingerprint density at radius 1 is 1.19 bits per heavy atom. The molecule has 3 rings (SSSR count). The van der Waals surface area contributed by atoms with Crippen LogP contribution < -0.4 is 10.0 Å². The SMILES string of the molecule is Cc1ccc(F)c(C(=O)Nc2cccc(S(=O)(=O)NC3=NCCC3)c2)c1. The molecular weight excluding hydrogens is 357 g/mol. The van der Waals surface area contributed by atoms with Gasteiger partial charge in [0.1, 0.15) is 11.7 Å². The molecule has 1 amide bonds. The Labute approximate surface area is 151 Å². The van der Waals surface area contributed by atoms with E-state index in [0.29, 0.717) is 18.8 Å². The smallest absolute Gasteiger partial charge is 0.262 e. The zero-order valence-corrected chi connectivity index (χ0v) is 14.9. The first-order valence-electron chi connectivity index (χ1n) is 8.09. The fourth-order valence-corrected chi connectivity index (χ4v) is 3.72. The molecule has 0 aliphatic carbocycles. The molecule has 6 nitrogen and oxygen atoms in total. The van der Waals surface area contributed by atoms with Crippen molar-refractivity contribution in [2.75, 3.05) is 11.9 Å². The average molecular weight is 375 g/mol. The third-order valence-corrected chi connectivity index (χ3v) is 5.27. The number of nitrogens with zero attached hydrogens (tertiary/aromatic N) is 1. The number of sulfonamides is 1. The number of benzene rings is 2. The predicted molar refractivity (Wildman–Crippen MR) is 97.4 cm³/mol. The van der Waals surface area contributed by atoms with E-state index in [1.165, 1.54) is 36.4 Å². The van der Waals surface area contributed by atoms with Crippen molar-refractivity contribution in [3.63, 3.8) is 0 Å². The van der Waals surface area contributed by atoms with Gasteiger partial charge in [-0.2, -0.15) is 0 Å². The first-order valence-corrected chi connectivity index (χ1v) is 9.57. The molecule has 2 aromatic carbocycles. The van der Waals surface area contributed by atoms with Crippen LogP contribution >= 0.6 is 0 Å². The molecule has 0 atom stereocenters. The van der Waals surface area contributed by atoms with E-state index in [9.17, 15) is 17.6 Å². The first kappa shape index (κ1) is 18.1. The third kappa shape index (κ3) is 4.08. The molecule has 0 saturated heterocycles. The van der Waals surface area contributed by atoms with Gasteiger partial charge in [-0.3, -0.25) is 14.5 Å². The Bertz CT molecular complexity index is 987. The number of aliphatic imine (C=N–C) groups is 1. The summed E-state index contributed by atoms with van der Waals surface area (Å²) in [6.07, 6.45) is 1.40. The van der Waals surface area contributed by atoms with Crippen molar-refractivity contribution in [2.45, 2.75) is 24.7 Å². The van der Waals surface area contributed by atoms with E-state index < -0.39 is 21.7 Å². The van der Waals surface area contributed by atoms with Crippen molar-refractivity contribution < 1.29 is 17.6 Å². The maximum atomic E-state index is 13.8. The van der Waals surface area contributed by atoms with Gasteiger partial charge in [-0.05, 0) is 43.7 Å². The summed E-state index contributed by atoms with van der Waals surface area (Å²) in [5, 5.41) is 2.53. The molecule has 1 heterocycles. The predicted octanol–water partition coefficient (Wildman–Crippen LogP) is 2.86. The summed E-state index contributed by atoms with van der Waals surface area (Å²) in [7, 11) is -3.79. The standard InChI is InChI=1S/C18H18FN3O3S/c1-12-7-8-16(19)15(10-12)18(23)21-13-4-2-5-14(11-13)26(24,25)22-17-6-3-9-20-17/h2,4-5,7-8,10-11H,3,6,9H2,1H3,(H,20,22)(H,21,23). The quantitative estimate of drug-likeness (QED) is 0.861. The fourth-order valence-electron chi connectivity index (χ4n) is 2.59. The number of halogens is 1. The molecule has 0 bridgehead atoms. The Hall–Kier alpha value is -2.74. The largest absolute Gasteiger partial charge is 0.322 e. The number of carbonyl (C=O) groups is 1. The van der Waals surface area contributed by atoms with E-state index in [4.69, 9.17) is 0 Å². The van der Waals surface area contributed by atoms with Gasteiger partial charge in [-0.15, -0.1) is 0 Å². The molecule has 0 spiro atoms. The van der Waals surface area contributed by atoms with Gasteiger partial charge in [0.05, 0.1) is 10.5 Å². The number of rotatable bonds is 4. The van der Waals surface area contributed by atoms with Crippen LogP contribution in [0.1, 0.15) is 28.8 Å². The van der Waals surface area contributed by atoms with Crippen molar-refractivity contribution in [3.8, 4) is 0 Å². The van der Waals surface area contributed by atoms with Crippen molar-refractivity contribution in [1.29, 1.82) is 0 Å². The van der Waals surface area contributed by atoms with Crippen LogP contribution in [0.25, 0.3) is 0 Å². The third-order valence-electron chi connectivity index (χ3n) is 3.90. The van der Waals surface area contributed by atoms with E-state index in [2.05, 4.69) is 15.0 Å². The normalized spacial score (nSPS) is 14.0. The number of nitrogens with one attached hydrogen (secondary N) is 2. The highest BCUT2D eigenvalue weighted by Gasteiger charge is 2.19. The highest BCUT2D eigenvalue weighted by Crippen LogP contribution is 2.18. The second-order valence-electron chi connectivity index (χ2n) is 6.00. The van der Waals surface area contributed by atoms with E-state index in [1.807, 2.05) is 0 Å². The minimum Gasteiger partial charge on any atom is -0.322 e. The number of carbonyl (C=O) groups excluding carboxylic acids is 1. The van der Waals surface area contributed by atoms with Gasteiger partial charge in [0, 0.05) is 18.7 Å². The van der Waals surface area contributed by atoms with Crippen LogP contribution in [-0.2, 0) is 10.0 Å². The summed E-state index contributed by atoms with van der Waals surface area (Å²) in [5.74, 6) is -0.854. The monoisotopic (exact) mass is 375 g/mol. The molecule has 0 radical (unpaired) electrons. The molecule has 136 valence electrons. The van der Waals surface area contributed by atoms with Gasteiger partial charge in [-0.25, -0.2) is 12.8 Å². The number of amides is 1. The van der Waals surface area contributed by atoms with Gasteiger partial charge in [0.2, 0.25) is 0 Å². The van der Waals surface area contributed by atoms with Crippen molar-refractivity contribution >= 4 is 27.5 Å². The summed E-state index contributed by atoms with van der Waals surface area (Å²) >= 11 is 0. The minimum atomic E-state index is -3.79. The van der Waals surface area contributed by atoms with E-state index in [1.54, 1.807) is 13.0 Å². The molecule has 0 unspecified atom stereocenters. The van der Waals surface area contributed by atoms with Gasteiger partial charge < -0.3 is 5.32 Å².